The molecule has 1 saturated heterocycles. The molecule has 0 spiro atoms. The molecular formula is C50H85NO8. The van der Waals surface area contributed by atoms with Gasteiger partial charge in [0, 0.05) is 6.42 Å². The number of carbonyl (C=O) groups excluding carboxylic acids is 1. The highest BCUT2D eigenvalue weighted by atomic mass is 16.7. The largest absolute Gasteiger partial charge is 0.394 e. The molecule has 1 rings (SSSR count). The number of aliphatic hydroxyl groups excluding tert-OH is 5. The van der Waals surface area contributed by atoms with Crippen LogP contribution in [0.2, 0.25) is 0 Å². The Labute approximate surface area is 359 Å². The van der Waals surface area contributed by atoms with Gasteiger partial charge in [-0.25, -0.2) is 0 Å². The number of nitrogens with one attached hydrogen (secondary N) is 1. The van der Waals surface area contributed by atoms with Crippen LogP contribution in [0, 0.1) is 0 Å². The molecule has 0 aromatic rings. The number of aliphatic hydroxyl groups is 5. The molecule has 1 fully saturated rings. The Morgan fingerprint density at radius 2 is 1.07 bits per heavy atom. The molecule has 0 bridgehead atoms. The second-order valence-corrected chi connectivity index (χ2v) is 15.8. The van der Waals surface area contributed by atoms with Gasteiger partial charge in [-0.2, -0.15) is 0 Å². The Morgan fingerprint density at radius 3 is 1.61 bits per heavy atom. The van der Waals surface area contributed by atoms with Gasteiger partial charge >= 0.3 is 0 Å². The van der Waals surface area contributed by atoms with E-state index in [0.717, 1.165) is 83.5 Å². The molecular weight excluding hydrogens is 743 g/mol. The summed E-state index contributed by atoms with van der Waals surface area (Å²) in [5.74, 6) is -0.200. The maximum absolute atomic E-state index is 12.9. The van der Waals surface area contributed by atoms with Crippen molar-refractivity contribution in [2.75, 3.05) is 13.2 Å². The van der Waals surface area contributed by atoms with Crippen LogP contribution in [0.4, 0.5) is 0 Å². The van der Waals surface area contributed by atoms with Crippen LogP contribution in [0.15, 0.2) is 85.1 Å². The van der Waals surface area contributed by atoms with Crippen LogP contribution in [0.1, 0.15) is 168 Å². The summed E-state index contributed by atoms with van der Waals surface area (Å²) in [6.45, 7) is 3.54. The Bertz CT molecular complexity index is 1190. The summed E-state index contributed by atoms with van der Waals surface area (Å²) in [7, 11) is 0. The molecule has 0 aliphatic carbocycles. The van der Waals surface area contributed by atoms with Crippen molar-refractivity contribution >= 4 is 5.91 Å². The summed E-state index contributed by atoms with van der Waals surface area (Å²) in [5.41, 5.74) is 0. The van der Waals surface area contributed by atoms with Crippen molar-refractivity contribution < 1.29 is 39.8 Å². The van der Waals surface area contributed by atoms with Crippen LogP contribution in [-0.2, 0) is 14.3 Å². The van der Waals surface area contributed by atoms with Gasteiger partial charge in [0.1, 0.15) is 24.4 Å². The first-order valence-corrected chi connectivity index (χ1v) is 23.3. The molecule has 7 unspecified atom stereocenters. The zero-order valence-corrected chi connectivity index (χ0v) is 37.0. The van der Waals surface area contributed by atoms with E-state index in [4.69, 9.17) is 9.47 Å². The van der Waals surface area contributed by atoms with E-state index in [2.05, 4.69) is 92.1 Å². The molecule has 6 N–H and O–H groups in total. The zero-order valence-electron chi connectivity index (χ0n) is 37.0. The van der Waals surface area contributed by atoms with Gasteiger partial charge in [0.2, 0.25) is 5.91 Å². The van der Waals surface area contributed by atoms with Gasteiger partial charge in [-0.05, 0) is 77.0 Å². The van der Waals surface area contributed by atoms with E-state index in [0.29, 0.717) is 6.42 Å². The van der Waals surface area contributed by atoms with Crippen LogP contribution >= 0.6 is 0 Å². The number of allylic oxidation sites excluding steroid dienone is 13. The first kappa shape index (κ1) is 54.4. The molecule has 1 heterocycles. The fraction of sp³-hybridized carbons (Fsp3) is 0.700. The first-order valence-electron chi connectivity index (χ1n) is 23.3. The standard InChI is InChI=1S/C50H85NO8/c1-3-5-7-9-11-13-15-16-17-18-19-20-21-22-23-24-25-26-27-28-30-32-34-36-38-40-46(54)51-43(42-58-50-49(57)48(56)47(55)45(41-52)59-50)44(53)39-37-35-33-31-29-14-12-10-8-6-4-2/h5,7-8,10-11,13,16-17,19-20,29,31,37,39,43-45,47-50,52-53,55-57H,3-4,6,9,12,14-15,18,21-28,30,32-36,38,40-42H2,1-2H3,(H,51,54)/b7-5-,10-8+,13-11-,17-16-,20-19-,31-29+,39-37+. The summed E-state index contributed by atoms with van der Waals surface area (Å²) in [4.78, 5) is 12.9. The van der Waals surface area contributed by atoms with Crippen LogP contribution in [0.5, 0.6) is 0 Å². The smallest absolute Gasteiger partial charge is 0.220 e. The molecule has 0 aromatic heterocycles. The van der Waals surface area contributed by atoms with E-state index in [1.54, 1.807) is 6.08 Å². The quantitative estimate of drug-likeness (QED) is 0.0268. The number of ether oxygens (including phenoxy) is 2. The third-order valence-corrected chi connectivity index (χ3v) is 10.4. The fourth-order valence-corrected chi connectivity index (χ4v) is 6.71. The minimum absolute atomic E-state index is 0.200. The lowest BCUT2D eigenvalue weighted by Crippen LogP contribution is -2.60. The predicted octanol–water partition coefficient (Wildman–Crippen LogP) is 9.94. The first-order chi connectivity index (χ1) is 28.8. The molecule has 0 aromatic carbocycles. The second-order valence-electron chi connectivity index (χ2n) is 15.8. The fourth-order valence-electron chi connectivity index (χ4n) is 6.71. The summed E-state index contributed by atoms with van der Waals surface area (Å²) >= 11 is 0. The predicted molar refractivity (Wildman–Crippen MR) is 244 cm³/mol. The zero-order chi connectivity index (χ0) is 43.0. The molecule has 0 saturated carbocycles. The van der Waals surface area contributed by atoms with E-state index in [9.17, 15) is 30.3 Å². The molecule has 1 aliphatic rings. The monoisotopic (exact) mass is 828 g/mol. The van der Waals surface area contributed by atoms with Crippen molar-refractivity contribution in [2.24, 2.45) is 0 Å². The lowest BCUT2D eigenvalue weighted by molar-refractivity contribution is -0.302. The molecule has 9 nitrogen and oxygen atoms in total. The third kappa shape index (κ3) is 30.1. The number of hydrogen-bond donors (Lipinski definition) is 6. The minimum Gasteiger partial charge on any atom is -0.394 e. The van der Waals surface area contributed by atoms with E-state index >= 15 is 0 Å². The number of unbranched alkanes of at least 4 members (excludes halogenated alkanes) is 15. The maximum atomic E-state index is 12.9. The summed E-state index contributed by atoms with van der Waals surface area (Å²) in [6, 6.07) is -0.831. The lowest BCUT2D eigenvalue weighted by Gasteiger charge is -2.40. The average Bonchev–Trinajstić information content (AvgIpc) is 3.23. The van der Waals surface area contributed by atoms with Crippen molar-refractivity contribution in [3.8, 4) is 0 Å². The number of hydrogen-bond acceptors (Lipinski definition) is 8. The highest BCUT2D eigenvalue weighted by Gasteiger charge is 2.44. The lowest BCUT2D eigenvalue weighted by atomic mass is 9.99. The molecule has 9 heteroatoms. The van der Waals surface area contributed by atoms with Gasteiger partial charge in [0.25, 0.3) is 0 Å². The van der Waals surface area contributed by atoms with Gasteiger partial charge < -0.3 is 40.3 Å². The maximum Gasteiger partial charge on any atom is 0.220 e. The Balaban J connectivity index is 2.27. The van der Waals surface area contributed by atoms with E-state index in [-0.39, 0.29) is 12.5 Å². The average molecular weight is 828 g/mol. The van der Waals surface area contributed by atoms with Crippen molar-refractivity contribution in [3.05, 3.63) is 85.1 Å². The van der Waals surface area contributed by atoms with Gasteiger partial charge in [0.15, 0.2) is 6.29 Å². The number of rotatable bonds is 37. The molecule has 59 heavy (non-hydrogen) atoms. The van der Waals surface area contributed by atoms with Crippen molar-refractivity contribution in [3.63, 3.8) is 0 Å². The molecule has 1 amide bonds. The normalized spacial score (nSPS) is 21.5. The van der Waals surface area contributed by atoms with Gasteiger partial charge in [-0.3, -0.25) is 4.79 Å². The minimum atomic E-state index is -1.58. The molecule has 1 aliphatic heterocycles. The van der Waals surface area contributed by atoms with Crippen molar-refractivity contribution in [2.45, 2.75) is 211 Å². The number of amides is 1. The van der Waals surface area contributed by atoms with Crippen LogP contribution in [0.3, 0.4) is 0 Å². The summed E-state index contributed by atoms with van der Waals surface area (Å²) in [6.07, 6.45) is 47.8. The Hall–Kier alpha value is -2.63. The summed E-state index contributed by atoms with van der Waals surface area (Å²) < 4.78 is 11.2. The van der Waals surface area contributed by atoms with Crippen LogP contribution in [0.25, 0.3) is 0 Å². The Morgan fingerprint density at radius 1 is 0.593 bits per heavy atom. The summed E-state index contributed by atoms with van der Waals surface area (Å²) in [5, 5.41) is 54.1. The van der Waals surface area contributed by atoms with E-state index in [1.807, 2.05) is 6.08 Å². The number of carbonyl (C=O) groups is 1. The second kappa shape index (κ2) is 39.5. The van der Waals surface area contributed by atoms with Gasteiger partial charge in [0.05, 0.1) is 25.4 Å². The molecule has 7 atom stereocenters. The Kier molecular flexibility index (Phi) is 36.4. The van der Waals surface area contributed by atoms with Gasteiger partial charge in [-0.15, -0.1) is 0 Å². The molecule has 338 valence electrons. The van der Waals surface area contributed by atoms with Crippen LogP contribution in [-0.4, -0.2) is 87.5 Å². The highest BCUT2D eigenvalue weighted by molar-refractivity contribution is 5.76. The van der Waals surface area contributed by atoms with Crippen LogP contribution < -0.4 is 5.32 Å². The SMILES string of the molecule is CC/C=C\C/C=C\C/C=C\C/C=C\CCCCCCCCCCCCCCC(=O)NC(COC1OC(CO)C(O)C(O)C1O)C(O)/C=C/CC/C=C/CC/C=C/CCC. The van der Waals surface area contributed by atoms with Gasteiger partial charge in [-0.1, -0.05) is 170 Å². The third-order valence-electron chi connectivity index (χ3n) is 10.4. The topological polar surface area (TPSA) is 149 Å². The molecule has 0 radical (unpaired) electrons. The van der Waals surface area contributed by atoms with Crippen molar-refractivity contribution in [1.29, 1.82) is 0 Å². The highest BCUT2D eigenvalue weighted by Crippen LogP contribution is 2.22. The van der Waals surface area contributed by atoms with E-state index in [1.165, 1.54) is 64.2 Å². The van der Waals surface area contributed by atoms with Crippen molar-refractivity contribution in [1.82, 2.24) is 5.32 Å². The van der Waals surface area contributed by atoms with E-state index < -0.39 is 49.5 Å².